The van der Waals surface area contributed by atoms with E-state index in [1.54, 1.807) is 14.0 Å². The monoisotopic (exact) mass is 617 g/mol. The van der Waals surface area contributed by atoms with Gasteiger partial charge >= 0.3 is 0 Å². The smallest absolute Gasteiger partial charge is 0.253 e. The zero-order valence-electron chi connectivity index (χ0n) is 29.1. The fourth-order valence-electron chi connectivity index (χ4n) is 6.75. The van der Waals surface area contributed by atoms with Gasteiger partial charge in [-0.25, -0.2) is 0 Å². The second-order valence-electron chi connectivity index (χ2n) is 12.7. The third kappa shape index (κ3) is 9.61. The fourth-order valence-corrected chi connectivity index (χ4v) is 6.75. The first-order chi connectivity index (χ1) is 21.8. The number of methoxy groups -OCH3 is 1. The van der Waals surface area contributed by atoms with E-state index < -0.39 is 5.54 Å². The number of carbonyl (C=O) groups excluding carboxylic acids is 2. The van der Waals surface area contributed by atoms with Crippen molar-refractivity contribution in [2.45, 2.75) is 130 Å². The number of amides is 2. The van der Waals surface area contributed by atoms with Crippen LogP contribution in [0, 0.1) is 6.92 Å². The third-order valence-electron chi connectivity index (χ3n) is 9.15. The average Bonchev–Trinajstić information content (AvgIpc) is 3.31. The fraction of sp³-hybridized carbons (Fsp3) is 0.590. The molecule has 1 aromatic heterocycles. The van der Waals surface area contributed by atoms with Crippen LogP contribution in [-0.4, -0.2) is 41.5 Å². The van der Waals surface area contributed by atoms with E-state index in [1.165, 1.54) is 31.2 Å². The Balaban J connectivity index is 2.22. The number of rotatable bonds is 21. The Morgan fingerprint density at radius 2 is 1.44 bits per heavy atom. The number of unbranched alkanes of at least 4 members (excludes halogenated alkanes) is 9. The van der Waals surface area contributed by atoms with Crippen LogP contribution >= 0.6 is 0 Å². The molecule has 248 valence electrons. The molecule has 0 aliphatic rings. The first kappa shape index (κ1) is 36.2. The summed E-state index contributed by atoms with van der Waals surface area (Å²) in [7, 11) is 1.68. The first-order valence-electron chi connectivity index (χ1n) is 17.6. The molecule has 6 nitrogen and oxygen atoms in total. The van der Waals surface area contributed by atoms with Crippen LogP contribution < -0.4 is 10.1 Å². The molecule has 2 aromatic carbocycles. The van der Waals surface area contributed by atoms with Gasteiger partial charge in [0.2, 0.25) is 5.91 Å². The number of fused-ring (bicyclic) bond motifs is 1. The molecule has 2 amide bonds. The summed E-state index contributed by atoms with van der Waals surface area (Å²) < 4.78 is 8.02. The molecule has 0 saturated carbocycles. The first-order valence-corrected chi connectivity index (χ1v) is 17.6. The second kappa shape index (κ2) is 18.6. The van der Waals surface area contributed by atoms with Gasteiger partial charge in [-0.05, 0) is 49.9 Å². The minimum atomic E-state index is -1.17. The lowest BCUT2D eigenvalue weighted by Crippen LogP contribution is -2.57. The Morgan fingerprint density at radius 1 is 0.822 bits per heavy atom. The van der Waals surface area contributed by atoms with Crippen LogP contribution in [0.1, 0.15) is 128 Å². The normalized spacial score (nSPS) is 12.7. The molecule has 0 fully saturated rings. The van der Waals surface area contributed by atoms with Gasteiger partial charge in [0.25, 0.3) is 5.91 Å². The van der Waals surface area contributed by atoms with Gasteiger partial charge < -0.3 is 19.5 Å². The number of ether oxygens (including phenoxy) is 1. The molecule has 0 saturated heterocycles. The van der Waals surface area contributed by atoms with E-state index in [-0.39, 0.29) is 11.8 Å². The molecule has 45 heavy (non-hydrogen) atoms. The quantitative estimate of drug-likeness (QED) is 0.121. The number of carbonyl (C=O) groups is 2. The molecule has 0 spiro atoms. The summed E-state index contributed by atoms with van der Waals surface area (Å²) in [5.74, 6) is 0.590. The highest BCUT2D eigenvalue weighted by atomic mass is 16.5. The molecule has 3 aromatic rings. The van der Waals surface area contributed by atoms with Crippen molar-refractivity contribution < 1.29 is 14.3 Å². The largest absolute Gasteiger partial charge is 0.497 e. The van der Waals surface area contributed by atoms with Gasteiger partial charge in [-0.3, -0.25) is 9.59 Å². The van der Waals surface area contributed by atoms with Crippen molar-refractivity contribution in [3.05, 3.63) is 65.4 Å². The highest BCUT2D eigenvalue weighted by molar-refractivity contribution is 5.99. The molecule has 0 radical (unpaired) electrons. The number of aromatic nitrogens is 1. The van der Waals surface area contributed by atoms with E-state index in [2.05, 4.69) is 78.9 Å². The van der Waals surface area contributed by atoms with Crippen LogP contribution in [-0.2, 0) is 21.7 Å². The number of nitrogens with zero attached hydrogens (tertiary/aromatic N) is 2. The predicted octanol–water partition coefficient (Wildman–Crippen LogP) is 9.30. The molecule has 0 aliphatic heterocycles. The summed E-state index contributed by atoms with van der Waals surface area (Å²) in [4.78, 5) is 30.5. The molecule has 3 rings (SSSR count). The van der Waals surface area contributed by atoms with E-state index in [4.69, 9.17) is 4.74 Å². The Morgan fingerprint density at radius 3 is 2.09 bits per heavy atom. The summed E-state index contributed by atoms with van der Waals surface area (Å²) in [6.45, 7) is 12.4. The van der Waals surface area contributed by atoms with Crippen LogP contribution in [0.15, 0.2) is 48.5 Å². The Labute approximate surface area is 272 Å². The van der Waals surface area contributed by atoms with Crippen LogP contribution in [0.5, 0.6) is 5.75 Å². The van der Waals surface area contributed by atoms with Crippen molar-refractivity contribution in [2.75, 3.05) is 20.2 Å². The second-order valence-corrected chi connectivity index (χ2v) is 12.7. The molecule has 6 heteroatoms. The highest BCUT2D eigenvalue weighted by Crippen LogP contribution is 2.41. The lowest BCUT2D eigenvalue weighted by Gasteiger charge is -2.39. The summed E-state index contributed by atoms with van der Waals surface area (Å²) in [6, 6.07) is 16.6. The van der Waals surface area contributed by atoms with Gasteiger partial charge in [-0.15, -0.1) is 0 Å². The van der Waals surface area contributed by atoms with E-state index in [0.29, 0.717) is 26.1 Å². The van der Waals surface area contributed by atoms with Gasteiger partial charge in [0.05, 0.1) is 7.11 Å². The molecule has 0 bridgehead atoms. The van der Waals surface area contributed by atoms with E-state index in [1.807, 2.05) is 12.1 Å². The van der Waals surface area contributed by atoms with E-state index in [0.717, 1.165) is 79.3 Å². The number of benzene rings is 2. The number of hydrogen-bond acceptors (Lipinski definition) is 3. The van der Waals surface area contributed by atoms with E-state index in [9.17, 15) is 4.79 Å². The van der Waals surface area contributed by atoms with Crippen LogP contribution in [0.2, 0.25) is 0 Å². The summed E-state index contributed by atoms with van der Waals surface area (Å²) in [5, 5.41) is 4.29. The topological polar surface area (TPSA) is 63.6 Å². The average molecular weight is 618 g/mol. The third-order valence-corrected chi connectivity index (χ3v) is 9.15. The van der Waals surface area contributed by atoms with Crippen molar-refractivity contribution in [1.82, 2.24) is 14.8 Å². The predicted molar refractivity (Wildman–Crippen MR) is 188 cm³/mol. The Kier molecular flexibility index (Phi) is 15.0. The van der Waals surface area contributed by atoms with Crippen molar-refractivity contribution >= 4 is 22.7 Å². The number of hydrogen-bond donors (Lipinski definition) is 1. The van der Waals surface area contributed by atoms with Gasteiger partial charge in [-0.1, -0.05) is 115 Å². The minimum Gasteiger partial charge on any atom is -0.497 e. The highest BCUT2D eigenvalue weighted by Gasteiger charge is 2.46. The van der Waals surface area contributed by atoms with Gasteiger partial charge in [-0.2, -0.15) is 0 Å². The van der Waals surface area contributed by atoms with Crippen molar-refractivity contribution in [3.8, 4) is 5.75 Å². The Hall–Kier alpha value is -3.28. The molecule has 1 atom stereocenters. The van der Waals surface area contributed by atoms with Crippen molar-refractivity contribution in [2.24, 2.45) is 0 Å². The molecular weight excluding hydrogens is 558 g/mol. The summed E-state index contributed by atoms with van der Waals surface area (Å²) >= 11 is 0. The molecule has 1 unspecified atom stereocenters. The zero-order valence-corrected chi connectivity index (χ0v) is 29.1. The lowest BCUT2D eigenvalue weighted by atomic mass is 9.80. The Bertz CT molecular complexity index is 1330. The zero-order chi connectivity index (χ0) is 32.7. The van der Waals surface area contributed by atoms with Crippen molar-refractivity contribution in [3.63, 3.8) is 0 Å². The standard InChI is InChI=1S/C39H59N3O3/c1-7-10-13-15-16-21-28-41(27-12-9-3)38(44)39(40-32(5)43,26-20-14-11-8-2)37-31(4)42(30-33-22-18-17-19-23-33)36-25-24-34(45-6)29-35(36)37/h17-19,22-25,29H,7-16,20-21,26-28,30H2,1-6H3,(H,40,43). The van der Waals surface area contributed by atoms with Gasteiger partial charge in [0.15, 0.2) is 0 Å². The maximum atomic E-state index is 15.2. The van der Waals surface area contributed by atoms with Crippen LogP contribution in [0.4, 0.5) is 0 Å². The maximum absolute atomic E-state index is 15.2. The summed E-state index contributed by atoms with van der Waals surface area (Å²) in [5.41, 5.74) is 2.97. The molecule has 0 aliphatic carbocycles. The number of nitrogens with one attached hydrogen (secondary N) is 1. The lowest BCUT2D eigenvalue weighted by molar-refractivity contribution is -0.142. The molecular formula is C39H59N3O3. The van der Waals surface area contributed by atoms with Gasteiger partial charge in [0.1, 0.15) is 11.3 Å². The SMILES string of the molecule is CCCCCCCCN(CCCC)C(=O)C(CCCCCC)(NC(C)=O)c1c(C)n(Cc2ccccc2)c2ccc(OC)cc12. The van der Waals surface area contributed by atoms with E-state index >= 15 is 4.79 Å². The molecule has 1 heterocycles. The van der Waals surface area contributed by atoms with Gasteiger partial charge in [0, 0.05) is 48.7 Å². The van der Waals surface area contributed by atoms with Crippen molar-refractivity contribution in [1.29, 1.82) is 0 Å². The minimum absolute atomic E-state index is 0.0286. The molecule has 1 N–H and O–H groups in total. The van der Waals surface area contributed by atoms with Crippen LogP contribution in [0.25, 0.3) is 10.9 Å². The maximum Gasteiger partial charge on any atom is 0.253 e. The van der Waals surface area contributed by atoms with Crippen LogP contribution in [0.3, 0.4) is 0 Å². The summed E-state index contributed by atoms with van der Waals surface area (Å²) in [6.07, 6.45) is 13.6.